The summed E-state index contributed by atoms with van der Waals surface area (Å²) in [6.07, 6.45) is 5.80. The van der Waals surface area contributed by atoms with E-state index in [1.54, 1.807) is 0 Å². The summed E-state index contributed by atoms with van der Waals surface area (Å²) >= 11 is 0. The molecule has 2 N–H and O–H groups in total. The first kappa shape index (κ1) is 10.8. The summed E-state index contributed by atoms with van der Waals surface area (Å²) in [5, 5.41) is 0. The van der Waals surface area contributed by atoms with Gasteiger partial charge in [-0.25, -0.2) is 4.98 Å². The molecule has 0 aliphatic carbocycles. The monoisotopic (exact) mass is 232 g/mol. The summed E-state index contributed by atoms with van der Waals surface area (Å²) in [5.74, 6) is 0.967. The fourth-order valence-corrected chi connectivity index (χ4v) is 3.01. The largest absolute Gasteiger partial charge is 0.396 e. The third kappa shape index (κ3) is 2.09. The topological polar surface area (TPSA) is 45.4 Å². The maximum absolute atomic E-state index is 5.98. The van der Waals surface area contributed by atoms with Crippen LogP contribution in [0.2, 0.25) is 0 Å². The fraction of sp³-hybridized carbons (Fsp3) is 0.615. The minimum absolute atomic E-state index is 0.707. The van der Waals surface area contributed by atoms with E-state index in [1.807, 2.05) is 18.3 Å². The van der Waals surface area contributed by atoms with E-state index in [2.05, 4.69) is 14.8 Å². The number of aromatic nitrogens is 1. The van der Waals surface area contributed by atoms with Gasteiger partial charge < -0.3 is 10.6 Å². The molecule has 0 bridgehead atoms. The molecule has 2 aliphatic rings. The third-order valence-electron chi connectivity index (χ3n) is 3.94. The molecular weight excluding hydrogens is 212 g/mol. The van der Waals surface area contributed by atoms with Gasteiger partial charge in [0.15, 0.2) is 5.82 Å². The Morgan fingerprint density at radius 3 is 2.82 bits per heavy atom. The van der Waals surface area contributed by atoms with Crippen LogP contribution in [-0.2, 0) is 0 Å². The Morgan fingerprint density at radius 2 is 2.06 bits per heavy atom. The van der Waals surface area contributed by atoms with Crippen LogP contribution in [0, 0.1) is 0 Å². The molecule has 2 aliphatic heterocycles. The van der Waals surface area contributed by atoms with E-state index in [4.69, 9.17) is 5.73 Å². The molecule has 1 unspecified atom stereocenters. The second-order valence-electron chi connectivity index (χ2n) is 5.05. The lowest BCUT2D eigenvalue weighted by Gasteiger charge is -2.24. The molecule has 1 atom stereocenters. The fourth-order valence-electron chi connectivity index (χ4n) is 3.01. The van der Waals surface area contributed by atoms with Gasteiger partial charge in [0, 0.05) is 25.3 Å². The number of likely N-dealkylation sites (tertiary alicyclic amines) is 1. The Balaban J connectivity index is 1.69. The van der Waals surface area contributed by atoms with E-state index in [-0.39, 0.29) is 0 Å². The van der Waals surface area contributed by atoms with Gasteiger partial charge in [0.25, 0.3) is 0 Å². The zero-order chi connectivity index (χ0) is 11.7. The van der Waals surface area contributed by atoms with E-state index >= 15 is 0 Å². The highest BCUT2D eigenvalue weighted by molar-refractivity contribution is 5.62. The van der Waals surface area contributed by atoms with Gasteiger partial charge in [0.2, 0.25) is 0 Å². The van der Waals surface area contributed by atoms with Crippen molar-refractivity contribution in [2.75, 3.05) is 36.8 Å². The summed E-state index contributed by atoms with van der Waals surface area (Å²) in [6, 6.07) is 4.54. The highest BCUT2D eigenvalue weighted by atomic mass is 15.3. The van der Waals surface area contributed by atoms with Gasteiger partial charge in [-0.1, -0.05) is 0 Å². The van der Waals surface area contributed by atoms with E-state index in [1.165, 1.54) is 32.4 Å². The van der Waals surface area contributed by atoms with Crippen molar-refractivity contribution < 1.29 is 0 Å². The van der Waals surface area contributed by atoms with Crippen molar-refractivity contribution in [3.05, 3.63) is 18.3 Å². The average Bonchev–Trinajstić information content (AvgIpc) is 3.00. The number of anilines is 2. The predicted octanol–water partition coefficient (Wildman–Crippen LogP) is 1.34. The lowest BCUT2D eigenvalue weighted by atomic mass is 10.2. The Bertz CT molecular complexity index is 387. The van der Waals surface area contributed by atoms with Crippen LogP contribution >= 0.6 is 0 Å². The molecule has 2 fully saturated rings. The minimum atomic E-state index is 0.707. The number of hydrogen-bond donors (Lipinski definition) is 1. The molecule has 0 aromatic carbocycles. The van der Waals surface area contributed by atoms with E-state index in [9.17, 15) is 0 Å². The molecule has 0 amide bonds. The number of rotatable bonds is 2. The minimum Gasteiger partial charge on any atom is -0.396 e. The highest BCUT2D eigenvalue weighted by Crippen LogP contribution is 2.27. The molecule has 4 heteroatoms. The summed E-state index contributed by atoms with van der Waals surface area (Å²) < 4.78 is 0. The zero-order valence-electron chi connectivity index (χ0n) is 10.2. The van der Waals surface area contributed by atoms with Crippen LogP contribution in [0.4, 0.5) is 11.5 Å². The first-order valence-electron chi connectivity index (χ1n) is 6.54. The number of nitrogen functional groups attached to an aromatic ring is 1. The SMILES string of the molecule is Nc1cccnc1N1CCC(N2CCCC2)C1. The van der Waals surface area contributed by atoms with Crippen molar-refractivity contribution in [1.82, 2.24) is 9.88 Å². The van der Waals surface area contributed by atoms with Crippen molar-refractivity contribution in [3.8, 4) is 0 Å². The van der Waals surface area contributed by atoms with Crippen LogP contribution in [-0.4, -0.2) is 42.1 Å². The lowest BCUT2D eigenvalue weighted by Crippen LogP contribution is -2.35. The summed E-state index contributed by atoms with van der Waals surface area (Å²) in [5.41, 5.74) is 6.78. The first-order valence-corrected chi connectivity index (χ1v) is 6.54. The second-order valence-corrected chi connectivity index (χ2v) is 5.05. The molecule has 17 heavy (non-hydrogen) atoms. The summed E-state index contributed by atoms with van der Waals surface area (Å²) in [4.78, 5) is 9.36. The molecule has 3 rings (SSSR count). The van der Waals surface area contributed by atoms with Crippen LogP contribution in [0.5, 0.6) is 0 Å². The lowest BCUT2D eigenvalue weighted by molar-refractivity contribution is 0.260. The molecule has 0 radical (unpaired) electrons. The smallest absolute Gasteiger partial charge is 0.151 e. The van der Waals surface area contributed by atoms with Gasteiger partial charge in [0.1, 0.15) is 0 Å². The Morgan fingerprint density at radius 1 is 1.24 bits per heavy atom. The summed E-state index contributed by atoms with van der Waals surface area (Å²) in [7, 11) is 0. The van der Waals surface area contributed by atoms with Crippen molar-refractivity contribution >= 4 is 11.5 Å². The van der Waals surface area contributed by atoms with Gasteiger partial charge in [0.05, 0.1) is 5.69 Å². The number of nitrogens with two attached hydrogens (primary N) is 1. The summed E-state index contributed by atoms with van der Waals surface area (Å²) in [6.45, 7) is 4.72. The van der Waals surface area contributed by atoms with Crippen molar-refractivity contribution in [1.29, 1.82) is 0 Å². The standard InChI is InChI=1S/C13H20N4/c14-12-4-3-6-15-13(12)17-9-5-11(10-17)16-7-1-2-8-16/h3-4,6,11H,1-2,5,7-10,14H2. The van der Waals surface area contributed by atoms with Gasteiger partial charge in [-0.05, 0) is 44.5 Å². The molecule has 1 aromatic heterocycles. The number of nitrogens with zero attached hydrogens (tertiary/aromatic N) is 3. The quantitative estimate of drug-likeness (QED) is 0.836. The number of hydrogen-bond acceptors (Lipinski definition) is 4. The van der Waals surface area contributed by atoms with Crippen LogP contribution in [0.1, 0.15) is 19.3 Å². The van der Waals surface area contributed by atoms with Gasteiger partial charge in [-0.2, -0.15) is 0 Å². The van der Waals surface area contributed by atoms with Crippen LogP contribution in [0.3, 0.4) is 0 Å². The van der Waals surface area contributed by atoms with Crippen LogP contribution < -0.4 is 10.6 Å². The van der Waals surface area contributed by atoms with Crippen molar-refractivity contribution in [3.63, 3.8) is 0 Å². The van der Waals surface area contributed by atoms with E-state index < -0.39 is 0 Å². The normalized spacial score (nSPS) is 25.6. The molecule has 4 nitrogen and oxygen atoms in total. The Kier molecular flexibility index (Phi) is 2.89. The second kappa shape index (κ2) is 4.53. The van der Waals surface area contributed by atoms with E-state index in [0.29, 0.717) is 6.04 Å². The number of pyridine rings is 1. The maximum atomic E-state index is 5.98. The van der Waals surface area contributed by atoms with Crippen molar-refractivity contribution in [2.45, 2.75) is 25.3 Å². The first-order chi connectivity index (χ1) is 8.34. The zero-order valence-corrected chi connectivity index (χ0v) is 10.2. The maximum Gasteiger partial charge on any atom is 0.151 e. The molecule has 92 valence electrons. The molecular formula is C13H20N4. The Labute approximate surface area is 102 Å². The van der Waals surface area contributed by atoms with Gasteiger partial charge >= 0.3 is 0 Å². The van der Waals surface area contributed by atoms with Gasteiger partial charge in [-0.3, -0.25) is 4.90 Å². The average molecular weight is 232 g/mol. The van der Waals surface area contributed by atoms with Crippen LogP contribution in [0.15, 0.2) is 18.3 Å². The highest BCUT2D eigenvalue weighted by Gasteiger charge is 2.30. The third-order valence-corrected chi connectivity index (χ3v) is 3.94. The molecule has 0 spiro atoms. The predicted molar refractivity (Wildman–Crippen MR) is 70.1 cm³/mol. The van der Waals surface area contributed by atoms with E-state index in [0.717, 1.165) is 24.6 Å². The Hall–Kier alpha value is -1.29. The van der Waals surface area contributed by atoms with Crippen molar-refractivity contribution in [2.24, 2.45) is 0 Å². The molecule has 0 saturated carbocycles. The molecule has 3 heterocycles. The van der Waals surface area contributed by atoms with Gasteiger partial charge in [-0.15, -0.1) is 0 Å². The van der Waals surface area contributed by atoms with Crippen LogP contribution in [0.25, 0.3) is 0 Å². The molecule has 2 saturated heterocycles. The molecule has 1 aromatic rings.